The first-order chi connectivity index (χ1) is 9.38. The van der Waals surface area contributed by atoms with E-state index in [4.69, 9.17) is 5.11 Å². The number of rotatable bonds is 5. The van der Waals surface area contributed by atoms with E-state index in [0.717, 1.165) is 4.47 Å². The van der Waals surface area contributed by atoms with Crippen LogP contribution in [0.4, 0.5) is 0 Å². The number of nitrogens with zero attached hydrogens (tertiary/aromatic N) is 1. The lowest BCUT2D eigenvalue weighted by Crippen LogP contribution is -2.28. The molecule has 0 aromatic heterocycles. The third-order valence-electron chi connectivity index (χ3n) is 3.47. The van der Waals surface area contributed by atoms with Crippen molar-refractivity contribution in [1.29, 1.82) is 0 Å². The van der Waals surface area contributed by atoms with E-state index >= 15 is 0 Å². The zero-order chi connectivity index (χ0) is 14.8. The zero-order valence-electron chi connectivity index (χ0n) is 10.8. The van der Waals surface area contributed by atoms with Crippen molar-refractivity contribution in [3.05, 3.63) is 28.7 Å². The van der Waals surface area contributed by atoms with Crippen molar-refractivity contribution in [3.8, 4) is 0 Å². The minimum atomic E-state index is -3.31. The van der Waals surface area contributed by atoms with E-state index in [1.165, 1.54) is 0 Å². The number of likely N-dealkylation sites (tertiary alicyclic amines) is 1. The molecule has 0 spiro atoms. The quantitative estimate of drug-likeness (QED) is 0.862. The molecular weight excluding hydrogens is 346 g/mol. The fourth-order valence-electron chi connectivity index (χ4n) is 2.25. The van der Waals surface area contributed by atoms with Crippen LogP contribution < -0.4 is 0 Å². The molecule has 1 aliphatic rings. The van der Waals surface area contributed by atoms with E-state index in [1.807, 2.05) is 4.90 Å². The first kappa shape index (κ1) is 15.5. The van der Waals surface area contributed by atoms with Crippen LogP contribution in [0.25, 0.3) is 0 Å². The van der Waals surface area contributed by atoms with Crippen molar-refractivity contribution in [1.82, 2.24) is 4.90 Å². The lowest BCUT2D eigenvalue weighted by molar-refractivity contribution is -0.141. The summed E-state index contributed by atoms with van der Waals surface area (Å²) in [7, 11) is -3.31. The maximum absolute atomic E-state index is 12.2. The molecule has 20 heavy (non-hydrogen) atoms. The Kier molecular flexibility index (Phi) is 4.82. The smallest absolute Gasteiger partial charge is 0.307 e. The molecule has 110 valence electrons. The predicted octanol–water partition coefficient (Wildman–Crippen LogP) is 1.63. The molecule has 1 atom stereocenters. The minimum absolute atomic E-state index is 0.0149. The number of hydrogen-bond acceptors (Lipinski definition) is 4. The van der Waals surface area contributed by atoms with Crippen LogP contribution in [0.2, 0.25) is 0 Å². The molecule has 2 rings (SSSR count). The number of hydrogen-bond donors (Lipinski definition) is 1. The Morgan fingerprint density at radius 1 is 1.35 bits per heavy atom. The average Bonchev–Trinajstić information content (AvgIpc) is 2.86. The predicted molar refractivity (Wildman–Crippen MR) is 78.4 cm³/mol. The van der Waals surface area contributed by atoms with Crippen molar-refractivity contribution < 1.29 is 18.3 Å². The SMILES string of the molecule is O=C(O)C1CCN(CCS(=O)(=O)c2ccc(Br)cc2)C1. The van der Waals surface area contributed by atoms with Crippen LogP contribution in [0.15, 0.2) is 33.6 Å². The number of carbonyl (C=O) groups is 1. The molecule has 1 unspecified atom stereocenters. The normalized spacial score (nSPS) is 20.1. The fourth-order valence-corrected chi connectivity index (χ4v) is 3.80. The summed E-state index contributed by atoms with van der Waals surface area (Å²) >= 11 is 3.27. The Labute approximate surface area is 126 Å². The Morgan fingerprint density at radius 2 is 2.00 bits per heavy atom. The summed E-state index contributed by atoms with van der Waals surface area (Å²) in [6.07, 6.45) is 0.591. The molecule has 0 saturated carbocycles. The largest absolute Gasteiger partial charge is 0.481 e. The second-order valence-electron chi connectivity index (χ2n) is 4.90. The zero-order valence-corrected chi connectivity index (χ0v) is 13.2. The summed E-state index contributed by atoms with van der Waals surface area (Å²) in [4.78, 5) is 13.1. The second kappa shape index (κ2) is 6.24. The molecule has 1 aliphatic heterocycles. The Balaban J connectivity index is 1.93. The van der Waals surface area contributed by atoms with Gasteiger partial charge in [0.25, 0.3) is 0 Å². The third kappa shape index (κ3) is 3.80. The van der Waals surface area contributed by atoms with Gasteiger partial charge < -0.3 is 10.0 Å². The molecule has 0 bridgehead atoms. The van der Waals surface area contributed by atoms with Crippen LogP contribution in [0.5, 0.6) is 0 Å². The van der Waals surface area contributed by atoms with E-state index in [1.54, 1.807) is 24.3 Å². The van der Waals surface area contributed by atoms with E-state index in [9.17, 15) is 13.2 Å². The van der Waals surface area contributed by atoms with Gasteiger partial charge in [-0.2, -0.15) is 0 Å². The number of sulfone groups is 1. The van der Waals surface area contributed by atoms with E-state index in [2.05, 4.69) is 15.9 Å². The molecule has 0 amide bonds. The standard InChI is InChI=1S/C13H16BrNO4S/c14-11-1-3-12(4-2-11)20(18,19)8-7-15-6-5-10(9-15)13(16)17/h1-4,10H,5-9H2,(H,16,17). The molecule has 1 aromatic carbocycles. The van der Waals surface area contributed by atoms with Crippen molar-refractivity contribution in [2.24, 2.45) is 5.92 Å². The molecule has 5 nitrogen and oxygen atoms in total. The summed E-state index contributed by atoms with van der Waals surface area (Å²) in [5, 5.41) is 8.91. The van der Waals surface area contributed by atoms with Gasteiger partial charge in [-0.3, -0.25) is 4.79 Å². The van der Waals surface area contributed by atoms with Gasteiger partial charge in [0.05, 0.1) is 16.6 Å². The van der Waals surface area contributed by atoms with Gasteiger partial charge in [0, 0.05) is 17.6 Å². The monoisotopic (exact) mass is 361 g/mol. The van der Waals surface area contributed by atoms with E-state index in [0.29, 0.717) is 31.0 Å². The molecule has 7 heteroatoms. The molecule has 1 N–H and O–H groups in total. The Hall–Kier alpha value is -0.920. The molecule has 1 heterocycles. The fraction of sp³-hybridized carbons (Fsp3) is 0.462. The highest BCUT2D eigenvalue weighted by Gasteiger charge is 2.28. The van der Waals surface area contributed by atoms with Crippen molar-refractivity contribution in [2.45, 2.75) is 11.3 Å². The summed E-state index contributed by atoms with van der Waals surface area (Å²) in [5.74, 6) is -1.16. The van der Waals surface area contributed by atoms with Crippen molar-refractivity contribution in [2.75, 3.05) is 25.4 Å². The van der Waals surface area contributed by atoms with E-state index < -0.39 is 15.8 Å². The van der Waals surface area contributed by atoms with Gasteiger partial charge in [-0.05, 0) is 37.2 Å². The molecule has 0 radical (unpaired) electrons. The first-order valence-electron chi connectivity index (χ1n) is 6.32. The van der Waals surface area contributed by atoms with Gasteiger partial charge in [-0.1, -0.05) is 15.9 Å². The number of benzene rings is 1. The summed E-state index contributed by atoms with van der Waals surface area (Å²) in [6.45, 7) is 1.46. The van der Waals surface area contributed by atoms with Gasteiger partial charge in [0.15, 0.2) is 9.84 Å². The Bertz CT molecular complexity index is 585. The summed E-state index contributed by atoms with van der Waals surface area (Å²) < 4.78 is 25.1. The molecule has 0 aliphatic carbocycles. The van der Waals surface area contributed by atoms with Crippen LogP contribution in [0.1, 0.15) is 6.42 Å². The average molecular weight is 362 g/mol. The van der Waals surface area contributed by atoms with Gasteiger partial charge >= 0.3 is 5.97 Å². The van der Waals surface area contributed by atoms with Gasteiger partial charge in [-0.25, -0.2) is 8.42 Å². The lowest BCUT2D eigenvalue weighted by Gasteiger charge is -2.15. The van der Waals surface area contributed by atoms with Gasteiger partial charge in [-0.15, -0.1) is 0 Å². The lowest BCUT2D eigenvalue weighted by atomic mass is 10.1. The van der Waals surface area contributed by atoms with E-state index in [-0.39, 0.29) is 11.7 Å². The molecular formula is C13H16BrNO4S. The van der Waals surface area contributed by atoms with Crippen LogP contribution >= 0.6 is 15.9 Å². The van der Waals surface area contributed by atoms with Crippen LogP contribution in [0, 0.1) is 5.92 Å². The Morgan fingerprint density at radius 3 is 2.55 bits per heavy atom. The van der Waals surface area contributed by atoms with Crippen LogP contribution in [0.3, 0.4) is 0 Å². The topological polar surface area (TPSA) is 74.7 Å². The maximum Gasteiger partial charge on any atom is 0.307 e. The van der Waals surface area contributed by atoms with Crippen LogP contribution in [-0.2, 0) is 14.6 Å². The highest BCUT2D eigenvalue weighted by molar-refractivity contribution is 9.10. The first-order valence-corrected chi connectivity index (χ1v) is 8.76. The molecule has 1 fully saturated rings. The van der Waals surface area contributed by atoms with Gasteiger partial charge in [0.1, 0.15) is 0 Å². The van der Waals surface area contributed by atoms with Gasteiger partial charge in [0.2, 0.25) is 0 Å². The number of carboxylic acids is 1. The number of halogens is 1. The highest BCUT2D eigenvalue weighted by Crippen LogP contribution is 2.19. The molecule has 1 aromatic rings. The number of carboxylic acid groups (broad SMARTS) is 1. The minimum Gasteiger partial charge on any atom is -0.481 e. The van der Waals surface area contributed by atoms with Crippen LogP contribution in [-0.4, -0.2) is 49.8 Å². The third-order valence-corrected chi connectivity index (χ3v) is 5.71. The summed E-state index contributed by atoms with van der Waals surface area (Å²) in [5.41, 5.74) is 0. The van der Waals surface area contributed by atoms with Crippen molar-refractivity contribution in [3.63, 3.8) is 0 Å². The highest BCUT2D eigenvalue weighted by atomic mass is 79.9. The second-order valence-corrected chi connectivity index (χ2v) is 7.92. The summed E-state index contributed by atoms with van der Waals surface area (Å²) in [6, 6.07) is 6.54. The number of aliphatic carboxylic acids is 1. The van der Waals surface area contributed by atoms with Crippen molar-refractivity contribution >= 4 is 31.7 Å². The molecule has 1 saturated heterocycles. The maximum atomic E-state index is 12.2.